The van der Waals surface area contributed by atoms with Gasteiger partial charge in [0, 0.05) is 33.6 Å². The van der Waals surface area contributed by atoms with Crippen molar-refractivity contribution >= 4 is 39.4 Å². The lowest BCUT2D eigenvalue weighted by molar-refractivity contribution is -0.150. The molecule has 5 nitrogen and oxygen atoms in total. The molecule has 0 aliphatic rings. The van der Waals surface area contributed by atoms with Crippen molar-refractivity contribution in [3.63, 3.8) is 0 Å². The maximum absolute atomic E-state index is 12.4. The number of hydrogen-bond acceptors (Lipinski definition) is 4. The molecular formula is C30H27ClN2O3. The maximum atomic E-state index is 12.4. The molecule has 5 aromatic rings. The van der Waals surface area contributed by atoms with Crippen molar-refractivity contribution in [2.45, 2.75) is 26.9 Å². The lowest BCUT2D eigenvalue weighted by atomic mass is 9.88. The van der Waals surface area contributed by atoms with Crippen LogP contribution in [0, 0.1) is 5.41 Å². The minimum Gasteiger partial charge on any atom is -0.487 e. The molecule has 5 rings (SSSR count). The third-order valence-electron chi connectivity index (χ3n) is 6.34. The number of ether oxygens (including phenoxy) is 2. The molecule has 0 fully saturated rings. The van der Waals surface area contributed by atoms with Gasteiger partial charge in [0.1, 0.15) is 12.4 Å². The van der Waals surface area contributed by atoms with Crippen molar-refractivity contribution in [3.8, 4) is 11.4 Å². The van der Waals surface area contributed by atoms with Crippen molar-refractivity contribution in [1.82, 2.24) is 9.55 Å². The van der Waals surface area contributed by atoms with Gasteiger partial charge in [-0.15, -0.1) is 0 Å². The summed E-state index contributed by atoms with van der Waals surface area (Å²) >= 11 is 6.14. The zero-order valence-corrected chi connectivity index (χ0v) is 21.3. The maximum Gasteiger partial charge on any atom is 0.311 e. The Morgan fingerprint density at radius 2 is 1.72 bits per heavy atom. The number of rotatable bonds is 7. The molecule has 2 heterocycles. The summed E-state index contributed by atoms with van der Waals surface area (Å²) in [6.45, 7) is 4.16. The number of methoxy groups -OCH3 is 1. The second-order valence-corrected chi connectivity index (χ2v) is 9.94. The highest BCUT2D eigenvalue weighted by Crippen LogP contribution is 2.33. The summed E-state index contributed by atoms with van der Waals surface area (Å²) in [6, 6.07) is 27.9. The molecule has 0 amide bonds. The number of pyridine rings is 1. The van der Waals surface area contributed by atoms with E-state index >= 15 is 0 Å². The van der Waals surface area contributed by atoms with Crippen LogP contribution >= 0.6 is 11.6 Å². The molecule has 0 aliphatic carbocycles. The van der Waals surface area contributed by atoms with E-state index in [4.69, 9.17) is 26.1 Å². The van der Waals surface area contributed by atoms with E-state index in [1.165, 1.54) is 7.11 Å². The highest BCUT2D eigenvalue weighted by Gasteiger charge is 2.31. The molecule has 36 heavy (non-hydrogen) atoms. The van der Waals surface area contributed by atoms with Gasteiger partial charge in [-0.1, -0.05) is 35.9 Å². The van der Waals surface area contributed by atoms with Gasteiger partial charge >= 0.3 is 5.97 Å². The van der Waals surface area contributed by atoms with Gasteiger partial charge in [0.15, 0.2) is 0 Å². The Morgan fingerprint density at radius 3 is 2.50 bits per heavy atom. The predicted octanol–water partition coefficient (Wildman–Crippen LogP) is 7.15. The predicted molar refractivity (Wildman–Crippen MR) is 144 cm³/mol. The largest absolute Gasteiger partial charge is 0.487 e. The molecule has 0 N–H and O–H groups in total. The van der Waals surface area contributed by atoms with E-state index in [0.717, 1.165) is 44.6 Å². The van der Waals surface area contributed by atoms with Crippen LogP contribution in [0.15, 0.2) is 84.9 Å². The van der Waals surface area contributed by atoms with Gasteiger partial charge in [-0.05, 0) is 74.5 Å². The first-order valence-electron chi connectivity index (χ1n) is 11.8. The van der Waals surface area contributed by atoms with Gasteiger partial charge in [0.05, 0.1) is 29.3 Å². The van der Waals surface area contributed by atoms with Crippen LogP contribution in [0.4, 0.5) is 0 Å². The Morgan fingerprint density at radius 1 is 0.944 bits per heavy atom. The van der Waals surface area contributed by atoms with Gasteiger partial charge in [-0.2, -0.15) is 0 Å². The van der Waals surface area contributed by atoms with Crippen molar-refractivity contribution < 1.29 is 14.3 Å². The van der Waals surface area contributed by atoms with Crippen LogP contribution in [-0.2, 0) is 22.6 Å². The Bertz CT molecular complexity index is 1550. The summed E-state index contributed by atoms with van der Waals surface area (Å²) in [7, 11) is 1.42. The average Bonchev–Trinajstić information content (AvgIpc) is 3.23. The fraction of sp³-hybridized carbons (Fsp3) is 0.200. The molecular weight excluding hydrogens is 472 g/mol. The van der Waals surface area contributed by atoms with Gasteiger partial charge in [-0.3, -0.25) is 4.79 Å². The zero-order chi connectivity index (χ0) is 25.3. The fourth-order valence-electron chi connectivity index (χ4n) is 4.51. The average molecular weight is 499 g/mol. The van der Waals surface area contributed by atoms with E-state index in [1.807, 2.05) is 86.6 Å². The highest BCUT2D eigenvalue weighted by atomic mass is 35.5. The second kappa shape index (κ2) is 9.67. The first-order chi connectivity index (χ1) is 17.3. The molecule has 0 atom stereocenters. The van der Waals surface area contributed by atoms with Gasteiger partial charge < -0.3 is 14.0 Å². The third kappa shape index (κ3) is 4.79. The summed E-state index contributed by atoms with van der Waals surface area (Å²) in [5, 5.41) is 2.79. The normalized spacial score (nSPS) is 11.7. The monoisotopic (exact) mass is 498 g/mol. The lowest BCUT2D eigenvalue weighted by Gasteiger charge is -2.22. The number of fused-ring (bicyclic) bond motifs is 2. The molecule has 0 bridgehead atoms. The van der Waals surface area contributed by atoms with Gasteiger partial charge in [0.2, 0.25) is 0 Å². The van der Waals surface area contributed by atoms with E-state index in [0.29, 0.717) is 18.1 Å². The molecule has 182 valence electrons. The van der Waals surface area contributed by atoms with Gasteiger partial charge in [0.25, 0.3) is 0 Å². The summed E-state index contributed by atoms with van der Waals surface area (Å²) in [5.74, 6) is 0.506. The SMILES string of the molecule is COC(=O)C(C)(C)Cc1cc2cc(OCc3ccc4ccccc4n3)ccc2n1-c1ccc(Cl)cc1. The van der Waals surface area contributed by atoms with E-state index < -0.39 is 5.41 Å². The Hall–Kier alpha value is -3.83. The first-order valence-corrected chi connectivity index (χ1v) is 12.2. The van der Waals surface area contributed by atoms with Crippen molar-refractivity contribution in [2.75, 3.05) is 7.11 Å². The third-order valence-corrected chi connectivity index (χ3v) is 6.59. The number of benzene rings is 3. The topological polar surface area (TPSA) is 53.4 Å². The molecule has 0 unspecified atom stereocenters. The molecule has 0 aliphatic heterocycles. The quantitative estimate of drug-likeness (QED) is 0.223. The molecule has 0 saturated heterocycles. The van der Waals surface area contributed by atoms with Crippen LogP contribution in [-0.4, -0.2) is 22.6 Å². The van der Waals surface area contributed by atoms with Crippen molar-refractivity contribution in [2.24, 2.45) is 5.41 Å². The molecule has 3 aromatic carbocycles. The molecule has 2 aromatic heterocycles. The van der Waals surface area contributed by atoms with E-state index in [2.05, 4.69) is 16.7 Å². The minimum absolute atomic E-state index is 0.248. The second-order valence-electron chi connectivity index (χ2n) is 9.50. The summed E-state index contributed by atoms with van der Waals surface area (Å²) in [6.07, 6.45) is 0.508. The number of nitrogens with zero attached hydrogens (tertiary/aromatic N) is 2. The number of carbonyl (C=O) groups excluding carboxylic acids is 1. The lowest BCUT2D eigenvalue weighted by Crippen LogP contribution is -2.28. The molecule has 0 spiro atoms. The zero-order valence-electron chi connectivity index (χ0n) is 20.5. The van der Waals surface area contributed by atoms with E-state index in [9.17, 15) is 4.79 Å². The Kier molecular flexibility index (Phi) is 6.42. The Balaban J connectivity index is 1.48. The summed E-state index contributed by atoms with van der Waals surface area (Å²) in [4.78, 5) is 17.1. The van der Waals surface area contributed by atoms with Crippen LogP contribution in [0.3, 0.4) is 0 Å². The van der Waals surface area contributed by atoms with Crippen LogP contribution in [0.25, 0.3) is 27.5 Å². The molecule has 0 saturated carbocycles. The van der Waals surface area contributed by atoms with Crippen LogP contribution < -0.4 is 4.74 Å². The van der Waals surface area contributed by atoms with Crippen molar-refractivity contribution in [1.29, 1.82) is 0 Å². The standard InChI is InChI=1S/C30H27ClN2O3/c1-30(2,29(34)35-3)18-25-16-21-17-26(14-15-28(21)33(25)24-12-9-22(31)10-13-24)36-19-23-11-8-20-6-4-5-7-27(20)32-23/h4-17H,18-19H2,1-3H3. The number of esters is 1. The van der Waals surface area contributed by atoms with Crippen LogP contribution in [0.1, 0.15) is 25.2 Å². The molecule has 6 heteroatoms. The van der Waals surface area contributed by atoms with E-state index in [1.54, 1.807) is 0 Å². The highest BCUT2D eigenvalue weighted by molar-refractivity contribution is 6.30. The number of hydrogen-bond donors (Lipinski definition) is 0. The van der Waals surface area contributed by atoms with Crippen LogP contribution in [0.5, 0.6) is 5.75 Å². The number of aromatic nitrogens is 2. The van der Waals surface area contributed by atoms with Crippen molar-refractivity contribution in [3.05, 3.63) is 101 Å². The fourth-order valence-corrected chi connectivity index (χ4v) is 4.64. The molecule has 0 radical (unpaired) electrons. The number of halogens is 1. The number of carbonyl (C=O) groups is 1. The van der Waals surface area contributed by atoms with E-state index in [-0.39, 0.29) is 5.97 Å². The van der Waals surface area contributed by atoms with Gasteiger partial charge in [-0.25, -0.2) is 4.98 Å². The summed E-state index contributed by atoms with van der Waals surface area (Å²) < 4.78 is 13.3. The minimum atomic E-state index is -0.686. The number of para-hydroxylation sites is 1. The first kappa shape index (κ1) is 23.9. The smallest absolute Gasteiger partial charge is 0.311 e. The van der Waals surface area contributed by atoms with Crippen LogP contribution in [0.2, 0.25) is 5.02 Å². The Labute approximate surface area is 215 Å². The summed E-state index contributed by atoms with van der Waals surface area (Å²) in [5.41, 5.74) is 4.12.